The van der Waals surface area contributed by atoms with Gasteiger partial charge in [-0.2, -0.15) is 5.10 Å². The molecular formula is C9H11N5O. The van der Waals surface area contributed by atoms with E-state index in [2.05, 4.69) is 20.4 Å². The van der Waals surface area contributed by atoms with Crippen LogP contribution in [0.4, 0.5) is 5.95 Å². The molecule has 1 amide bonds. The summed E-state index contributed by atoms with van der Waals surface area (Å²) in [5.41, 5.74) is 0. The number of aryl methyl sites for hydroxylation is 1. The molecule has 0 aliphatic rings. The molecular weight excluding hydrogens is 194 g/mol. The van der Waals surface area contributed by atoms with E-state index in [-0.39, 0.29) is 5.91 Å². The number of anilines is 1. The van der Waals surface area contributed by atoms with E-state index in [9.17, 15) is 4.79 Å². The van der Waals surface area contributed by atoms with E-state index in [1.807, 2.05) is 12.3 Å². The number of aromatic nitrogens is 4. The van der Waals surface area contributed by atoms with E-state index in [0.29, 0.717) is 18.9 Å². The fraction of sp³-hybridized carbons (Fsp3) is 0.222. The van der Waals surface area contributed by atoms with Crippen LogP contribution in [0.5, 0.6) is 0 Å². The summed E-state index contributed by atoms with van der Waals surface area (Å²) in [7, 11) is 0. The van der Waals surface area contributed by atoms with Gasteiger partial charge in [0, 0.05) is 37.8 Å². The second-order valence-corrected chi connectivity index (χ2v) is 3.01. The van der Waals surface area contributed by atoms with Gasteiger partial charge in [0.05, 0.1) is 0 Å². The first-order valence-corrected chi connectivity index (χ1v) is 4.61. The molecule has 0 aromatic carbocycles. The summed E-state index contributed by atoms with van der Waals surface area (Å²) in [6, 6.07) is 1.82. The third-order valence-electron chi connectivity index (χ3n) is 1.88. The van der Waals surface area contributed by atoms with Crippen molar-refractivity contribution in [1.29, 1.82) is 0 Å². The number of hydrogen-bond donors (Lipinski definition) is 2. The standard InChI is InChI=1S/C9H11N5O/c15-8(13-9-10-4-5-11-9)2-7-14-6-1-3-12-14/h1,3-6H,2,7H2,(H2,10,11,13,15). The molecule has 0 aliphatic heterocycles. The van der Waals surface area contributed by atoms with Gasteiger partial charge in [0.2, 0.25) is 11.9 Å². The van der Waals surface area contributed by atoms with Gasteiger partial charge in [-0.1, -0.05) is 0 Å². The number of H-pyrrole nitrogens is 1. The zero-order valence-corrected chi connectivity index (χ0v) is 8.05. The third-order valence-corrected chi connectivity index (χ3v) is 1.88. The lowest BCUT2D eigenvalue weighted by Gasteiger charge is -2.01. The molecule has 0 aliphatic carbocycles. The Morgan fingerprint density at radius 2 is 2.47 bits per heavy atom. The lowest BCUT2D eigenvalue weighted by Crippen LogP contribution is -2.15. The van der Waals surface area contributed by atoms with Crippen LogP contribution in [0.15, 0.2) is 30.9 Å². The van der Waals surface area contributed by atoms with E-state index in [0.717, 1.165) is 0 Å². The van der Waals surface area contributed by atoms with Crippen molar-refractivity contribution < 1.29 is 4.79 Å². The molecule has 0 radical (unpaired) electrons. The first kappa shape index (κ1) is 9.45. The third kappa shape index (κ3) is 2.67. The van der Waals surface area contributed by atoms with E-state index in [1.54, 1.807) is 23.3 Å². The highest BCUT2D eigenvalue weighted by Gasteiger charge is 2.03. The lowest BCUT2D eigenvalue weighted by molar-refractivity contribution is -0.116. The Bertz CT molecular complexity index is 406. The average Bonchev–Trinajstić information content (AvgIpc) is 2.86. The minimum absolute atomic E-state index is 0.0829. The molecule has 0 saturated heterocycles. The Balaban J connectivity index is 1.78. The van der Waals surface area contributed by atoms with Gasteiger partial charge >= 0.3 is 0 Å². The van der Waals surface area contributed by atoms with Crippen molar-refractivity contribution in [1.82, 2.24) is 19.7 Å². The van der Waals surface area contributed by atoms with Crippen LogP contribution in [0.3, 0.4) is 0 Å². The highest BCUT2D eigenvalue weighted by Crippen LogP contribution is 1.97. The van der Waals surface area contributed by atoms with Crippen molar-refractivity contribution in [3.05, 3.63) is 30.9 Å². The number of amides is 1. The Labute approximate surface area is 86.3 Å². The Hall–Kier alpha value is -2.11. The molecule has 15 heavy (non-hydrogen) atoms. The molecule has 2 aromatic rings. The molecule has 2 N–H and O–H groups in total. The maximum Gasteiger partial charge on any atom is 0.228 e. The van der Waals surface area contributed by atoms with Crippen molar-refractivity contribution in [2.24, 2.45) is 0 Å². The molecule has 0 fully saturated rings. The summed E-state index contributed by atoms with van der Waals surface area (Å²) in [5.74, 6) is 0.390. The van der Waals surface area contributed by atoms with Gasteiger partial charge in [0.25, 0.3) is 0 Å². The zero-order valence-electron chi connectivity index (χ0n) is 8.05. The monoisotopic (exact) mass is 205 g/mol. The van der Waals surface area contributed by atoms with Gasteiger partial charge < -0.3 is 4.98 Å². The number of carbonyl (C=O) groups excluding carboxylic acids is 1. The number of hydrogen-bond acceptors (Lipinski definition) is 3. The van der Waals surface area contributed by atoms with Crippen LogP contribution in [0.2, 0.25) is 0 Å². The molecule has 2 heterocycles. The SMILES string of the molecule is O=C(CCn1cccn1)Nc1ncc[nH]1. The van der Waals surface area contributed by atoms with Gasteiger partial charge in [0.15, 0.2) is 0 Å². The predicted molar refractivity (Wildman–Crippen MR) is 54.1 cm³/mol. The normalized spacial score (nSPS) is 10.1. The summed E-state index contributed by atoms with van der Waals surface area (Å²) in [6.07, 6.45) is 7.12. The fourth-order valence-electron chi connectivity index (χ4n) is 1.18. The maximum atomic E-state index is 11.4. The van der Waals surface area contributed by atoms with Crippen molar-refractivity contribution >= 4 is 11.9 Å². The van der Waals surface area contributed by atoms with E-state index in [1.165, 1.54) is 0 Å². The Morgan fingerprint density at radius 1 is 1.53 bits per heavy atom. The van der Waals surface area contributed by atoms with Crippen LogP contribution in [0.1, 0.15) is 6.42 Å². The highest BCUT2D eigenvalue weighted by molar-refractivity contribution is 5.88. The van der Waals surface area contributed by atoms with Crippen LogP contribution in [-0.4, -0.2) is 25.7 Å². The first-order chi connectivity index (χ1) is 7.34. The molecule has 6 heteroatoms. The van der Waals surface area contributed by atoms with Crippen LogP contribution >= 0.6 is 0 Å². The van der Waals surface area contributed by atoms with Crippen molar-refractivity contribution in [2.75, 3.05) is 5.32 Å². The van der Waals surface area contributed by atoms with Gasteiger partial charge in [0.1, 0.15) is 0 Å². The first-order valence-electron chi connectivity index (χ1n) is 4.61. The summed E-state index contributed by atoms with van der Waals surface area (Å²) in [4.78, 5) is 18.1. The number of nitrogens with one attached hydrogen (secondary N) is 2. The number of imidazole rings is 1. The van der Waals surface area contributed by atoms with Gasteiger partial charge in [-0.25, -0.2) is 4.98 Å². The second-order valence-electron chi connectivity index (χ2n) is 3.01. The van der Waals surface area contributed by atoms with E-state index in [4.69, 9.17) is 0 Å². The number of aromatic amines is 1. The topological polar surface area (TPSA) is 75.6 Å². The summed E-state index contributed by atoms with van der Waals surface area (Å²) < 4.78 is 1.71. The molecule has 6 nitrogen and oxygen atoms in total. The Morgan fingerprint density at radius 3 is 3.13 bits per heavy atom. The molecule has 0 spiro atoms. The quantitative estimate of drug-likeness (QED) is 0.768. The highest BCUT2D eigenvalue weighted by atomic mass is 16.1. The molecule has 0 bridgehead atoms. The number of carbonyl (C=O) groups is 1. The summed E-state index contributed by atoms with van der Waals surface area (Å²) in [5, 5.41) is 6.64. The van der Waals surface area contributed by atoms with Crippen LogP contribution in [0, 0.1) is 0 Å². The number of nitrogens with zero attached hydrogens (tertiary/aromatic N) is 3. The molecule has 2 rings (SSSR count). The lowest BCUT2D eigenvalue weighted by atomic mass is 10.4. The minimum Gasteiger partial charge on any atom is -0.331 e. The smallest absolute Gasteiger partial charge is 0.228 e. The summed E-state index contributed by atoms with van der Waals surface area (Å²) in [6.45, 7) is 0.569. The second kappa shape index (κ2) is 4.41. The van der Waals surface area contributed by atoms with E-state index >= 15 is 0 Å². The molecule has 0 saturated carbocycles. The average molecular weight is 205 g/mol. The van der Waals surface area contributed by atoms with Crippen molar-refractivity contribution in [3.8, 4) is 0 Å². The van der Waals surface area contributed by atoms with Crippen LogP contribution in [0.25, 0.3) is 0 Å². The Kier molecular flexibility index (Phi) is 2.77. The van der Waals surface area contributed by atoms with Crippen molar-refractivity contribution in [2.45, 2.75) is 13.0 Å². The van der Waals surface area contributed by atoms with Crippen LogP contribution < -0.4 is 5.32 Å². The van der Waals surface area contributed by atoms with E-state index < -0.39 is 0 Å². The minimum atomic E-state index is -0.0829. The van der Waals surface area contributed by atoms with Crippen LogP contribution in [-0.2, 0) is 11.3 Å². The fourth-order valence-corrected chi connectivity index (χ4v) is 1.18. The molecule has 78 valence electrons. The zero-order chi connectivity index (χ0) is 10.5. The van der Waals surface area contributed by atoms with Crippen molar-refractivity contribution in [3.63, 3.8) is 0 Å². The summed E-state index contributed by atoms with van der Waals surface area (Å²) >= 11 is 0. The van der Waals surface area contributed by atoms with Gasteiger partial charge in [-0.15, -0.1) is 0 Å². The molecule has 0 atom stereocenters. The molecule has 0 unspecified atom stereocenters. The maximum absolute atomic E-state index is 11.4. The largest absolute Gasteiger partial charge is 0.331 e. The predicted octanol–water partition coefficient (Wildman–Crippen LogP) is 0.635. The number of rotatable bonds is 4. The van der Waals surface area contributed by atoms with Gasteiger partial charge in [-0.05, 0) is 6.07 Å². The van der Waals surface area contributed by atoms with Gasteiger partial charge in [-0.3, -0.25) is 14.8 Å². The molecule has 2 aromatic heterocycles.